The molecule has 0 heterocycles. The highest BCUT2D eigenvalue weighted by Crippen LogP contribution is 2.22. The van der Waals surface area contributed by atoms with Gasteiger partial charge in [-0.2, -0.15) is 0 Å². The van der Waals surface area contributed by atoms with E-state index in [2.05, 4.69) is 10.6 Å². The average molecular weight is 291 g/mol. The molecule has 0 unspecified atom stereocenters. The zero-order valence-corrected chi connectivity index (χ0v) is 11.0. The topological polar surface area (TPSA) is 78.4 Å². The van der Waals surface area contributed by atoms with E-state index < -0.39 is 17.9 Å². The first-order chi connectivity index (χ1) is 8.38. The summed E-state index contributed by atoms with van der Waals surface area (Å²) >= 11 is 11.5. The fraction of sp³-hybridized carbons (Fsp3) is 0.273. The van der Waals surface area contributed by atoms with Crippen LogP contribution >= 0.6 is 23.2 Å². The Balaban J connectivity index is 2.61. The number of rotatable bonds is 3. The van der Waals surface area contributed by atoms with Crippen LogP contribution in [0.25, 0.3) is 0 Å². The summed E-state index contributed by atoms with van der Waals surface area (Å²) in [5.41, 5.74) is 0.324. The van der Waals surface area contributed by atoms with Crippen molar-refractivity contribution in [1.82, 2.24) is 5.32 Å². The Kier molecular flexibility index (Phi) is 5.40. The van der Waals surface area contributed by atoms with Gasteiger partial charge in [-0.25, -0.2) is 0 Å². The highest BCUT2D eigenvalue weighted by atomic mass is 35.5. The minimum Gasteiger partial charge on any atom is -0.392 e. The lowest BCUT2D eigenvalue weighted by molar-refractivity contribution is -0.136. The molecule has 98 valence electrons. The van der Waals surface area contributed by atoms with Crippen LogP contribution in [0.3, 0.4) is 0 Å². The van der Waals surface area contributed by atoms with Gasteiger partial charge in [0.1, 0.15) is 0 Å². The van der Waals surface area contributed by atoms with Crippen LogP contribution in [0.15, 0.2) is 18.2 Å². The van der Waals surface area contributed by atoms with Gasteiger partial charge in [-0.1, -0.05) is 23.2 Å². The highest BCUT2D eigenvalue weighted by molar-refractivity contribution is 6.40. The van der Waals surface area contributed by atoms with Crippen molar-refractivity contribution >= 4 is 40.7 Å². The first-order valence-corrected chi connectivity index (χ1v) is 5.87. The minimum atomic E-state index is -0.853. The summed E-state index contributed by atoms with van der Waals surface area (Å²) in [6, 6.07) is 4.44. The lowest BCUT2D eigenvalue weighted by Crippen LogP contribution is -2.38. The van der Waals surface area contributed by atoms with Crippen molar-refractivity contribution in [2.24, 2.45) is 0 Å². The number of anilines is 1. The second-order valence-electron chi connectivity index (χ2n) is 3.67. The van der Waals surface area contributed by atoms with Crippen LogP contribution in [0, 0.1) is 0 Å². The average Bonchev–Trinajstić information content (AvgIpc) is 2.24. The van der Waals surface area contributed by atoms with Gasteiger partial charge in [0.15, 0.2) is 0 Å². The monoisotopic (exact) mass is 290 g/mol. The molecule has 0 radical (unpaired) electrons. The highest BCUT2D eigenvalue weighted by Gasteiger charge is 2.14. The molecular formula is C11H12Cl2N2O3. The number of halogens is 2. The van der Waals surface area contributed by atoms with E-state index in [9.17, 15) is 9.59 Å². The molecule has 0 aliphatic rings. The number of hydrogen-bond acceptors (Lipinski definition) is 3. The number of amides is 2. The van der Waals surface area contributed by atoms with Crippen molar-refractivity contribution in [3.05, 3.63) is 28.2 Å². The normalized spacial score (nSPS) is 11.8. The van der Waals surface area contributed by atoms with Gasteiger partial charge < -0.3 is 15.7 Å². The quantitative estimate of drug-likeness (QED) is 0.737. The first kappa shape index (κ1) is 14.8. The molecular weight excluding hydrogens is 279 g/mol. The van der Waals surface area contributed by atoms with Crippen LogP contribution in [0.1, 0.15) is 6.92 Å². The van der Waals surface area contributed by atoms with E-state index in [1.165, 1.54) is 25.1 Å². The molecule has 1 atom stereocenters. The van der Waals surface area contributed by atoms with Crippen LogP contribution in [-0.4, -0.2) is 29.6 Å². The molecule has 18 heavy (non-hydrogen) atoms. The number of nitrogens with one attached hydrogen (secondary N) is 2. The van der Waals surface area contributed by atoms with Crippen molar-refractivity contribution in [3.8, 4) is 0 Å². The number of benzene rings is 1. The van der Waals surface area contributed by atoms with E-state index >= 15 is 0 Å². The maximum atomic E-state index is 11.5. The van der Waals surface area contributed by atoms with Crippen molar-refractivity contribution in [2.75, 3.05) is 11.9 Å². The second-order valence-corrected chi connectivity index (χ2v) is 4.54. The van der Waals surface area contributed by atoms with Crippen LogP contribution in [-0.2, 0) is 9.59 Å². The third-order valence-corrected chi connectivity index (χ3v) is 2.32. The summed E-state index contributed by atoms with van der Waals surface area (Å²) in [6.45, 7) is 1.50. The summed E-state index contributed by atoms with van der Waals surface area (Å²) in [5.74, 6) is -1.69. The Morgan fingerprint density at radius 1 is 1.22 bits per heavy atom. The number of aliphatic hydroxyl groups excluding tert-OH is 1. The molecule has 0 saturated carbocycles. The van der Waals surface area contributed by atoms with Crippen LogP contribution < -0.4 is 10.6 Å². The van der Waals surface area contributed by atoms with E-state index in [1.54, 1.807) is 0 Å². The third kappa shape index (κ3) is 4.91. The number of aliphatic hydroxyl groups is 1. The van der Waals surface area contributed by atoms with Crippen molar-refractivity contribution in [3.63, 3.8) is 0 Å². The smallest absolute Gasteiger partial charge is 0.313 e. The fourth-order valence-electron chi connectivity index (χ4n) is 1.13. The summed E-state index contributed by atoms with van der Waals surface area (Å²) in [7, 11) is 0. The second kappa shape index (κ2) is 6.58. The number of hydrogen-bond donors (Lipinski definition) is 3. The van der Waals surface area contributed by atoms with Gasteiger partial charge in [-0.05, 0) is 25.1 Å². The zero-order chi connectivity index (χ0) is 13.7. The maximum Gasteiger partial charge on any atom is 0.313 e. The molecule has 1 rings (SSSR count). The van der Waals surface area contributed by atoms with Crippen LogP contribution in [0.4, 0.5) is 5.69 Å². The van der Waals surface area contributed by atoms with Crippen molar-refractivity contribution in [2.45, 2.75) is 13.0 Å². The van der Waals surface area contributed by atoms with Gasteiger partial charge in [0.05, 0.1) is 6.10 Å². The Bertz CT molecular complexity index is 443. The van der Waals surface area contributed by atoms with Crippen molar-refractivity contribution in [1.29, 1.82) is 0 Å². The SMILES string of the molecule is C[C@H](O)CNC(=O)C(=O)Nc1cc(Cl)cc(Cl)c1. The van der Waals surface area contributed by atoms with Crippen LogP contribution in [0.5, 0.6) is 0 Å². The molecule has 0 aliphatic heterocycles. The molecule has 0 spiro atoms. The number of carbonyl (C=O) groups is 2. The summed E-state index contributed by atoms with van der Waals surface area (Å²) in [5, 5.41) is 14.3. The predicted molar refractivity (Wildman–Crippen MR) is 69.8 cm³/mol. The molecule has 1 aromatic rings. The molecule has 2 amide bonds. The molecule has 1 aromatic carbocycles. The number of carbonyl (C=O) groups excluding carboxylic acids is 2. The van der Waals surface area contributed by atoms with E-state index in [-0.39, 0.29) is 6.54 Å². The van der Waals surface area contributed by atoms with Gasteiger partial charge in [0.25, 0.3) is 0 Å². The molecule has 0 saturated heterocycles. The largest absolute Gasteiger partial charge is 0.392 e. The molecule has 0 bridgehead atoms. The molecule has 5 nitrogen and oxygen atoms in total. The van der Waals surface area contributed by atoms with Gasteiger partial charge in [0.2, 0.25) is 0 Å². The van der Waals surface area contributed by atoms with E-state index in [4.69, 9.17) is 28.3 Å². The van der Waals surface area contributed by atoms with Gasteiger partial charge in [0, 0.05) is 22.3 Å². The Morgan fingerprint density at radius 3 is 2.28 bits per heavy atom. The van der Waals surface area contributed by atoms with E-state index in [0.29, 0.717) is 15.7 Å². The Morgan fingerprint density at radius 2 is 1.78 bits per heavy atom. The lowest BCUT2D eigenvalue weighted by atomic mass is 10.3. The molecule has 7 heteroatoms. The lowest BCUT2D eigenvalue weighted by Gasteiger charge is -2.08. The summed E-state index contributed by atoms with van der Waals surface area (Å²) in [6.07, 6.45) is -0.720. The maximum absolute atomic E-state index is 11.5. The van der Waals surface area contributed by atoms with Crippen molar-refractivity contribution < 1.29 is 14.7 Å². The molecule has 0 fully saturated rings. The molecule has 3 N–H and O–H groups in total. The Labute approximate surface area is 114 Å². The first-order valence-electron chi connectivity index (χ1n) is 5.12. The van der Waals surface area contributed by atoms with E-state index in [1.807, 2.05) is 0 Å². The minimum absolute atomic E-state index is 0.00254. The predicted octanol–water partition coefficient (Wildman–Crippen LogP) is 1.43. The van der Waals surface area contributed by atoms with E-state index in [0.717, 1.165) is 0 Å². The molecule has 0 aliphatic carbocycles. The Hall–Kier alpha value is -1.30. The zero-order valence-electron chi connectivity index (χ0n) is 9.54. The van der Waals surface area contributed by atoms with Crippen LogP contribution in [0.2, 0.25) is 10.0 Å². The van der Waals surface area contributed by atoms with Gasteiger partial charge >= 0.3 is 11.8 Å². The summed E-state index contributed by atoms with van der Waals surface area (Å²) < 4.78 is 0. The fourth-order valence-corrected chi connectivity index (χ4v) is 1.66. The molecule has 0 aromatic heterocycles. The van der Waals surface area contributed by atoms with Gasteiger partial charge in [-0.3, -0.25) is 9.59 Å². The summed E-state index contributed by atoms with van der Waals surface area (Å²) in [4.78, 5) is 22.8. The van der Waals surface area contributed by atoms with Gasteiger partial charge in [-0.15, -0.1) is 0 Å². The standard InChI is InChI=1S/C11H12Cl2N2O3/c1-6(16)5-14-10(17)11(18)15-9-3-7(12)2-8(13)4-9/h2-4,6,16H,5H2,1H3,(H,14,17)(H,15,18)/t6-/m0/s1. The third-order valence-electron chi connectivity index (χ3n) is 1.88.